The number of hydrogen-bond donors (Lipinski definition) is 2. The van der Waals surface area contributed by atoms with E-state index in [4.69, 9.17) is 5.73 Å². The van der Waals surface area contributed by atoms with E-state index in [2.05, 4.69) is 16.5 Å². The predicted molar refractivity (Wildman–Crippen MR) is 107 cm³/mol. The first kappa shape index (κ1) is 20.4. The van der Waals surface area contributed by atoms with Crippen LogP contribution in [0.2, 0.25) is 0 Å². The number of benzene rings is 1. The van der Waals surface area contributed by atoms with Crippen molar-refractivity contribution in [2.75, 3.05) is 31.1 Å². The van der Waals surface area contributed by atoms with Crippen molar-refractivity contribution in [1.29, 1.82) is 0 Å². The van der Waals surface area contributed by atoms with Gasteiger partial charge in [-0.1, -0.05) is 12.6 Å². The van der Waals surface area contributed by atoms with Crippen molar-refractivity contribution >= 4 is 17.3 Å². The topological polar surface area (TPSA) is 95.6 Å². The molecule has 7 nitrogen and oxygen atoms in total. The molecule has 0 unspecified atom stereocenters. The number of halogens is 2. The van der Waals surface area contributed by atoms with Crippen LogP contribution in [0.4, 0.5) is 14.6 Å². The Bertz CT molecular complexity index is 991. The summed E-state index contributed by atoms with van der Waals surface area (Å²) in [5, 5.41) is 10.1. The lowest BCUT2D eigenvalue weighted by atomic mass is 10.0. The molecule has 2 aromatic rings. The van der Waals surface area contributed by atoms with Crippen molar-refractivity contribution in [1.82, 2.24) is 14.9 Å². The molecule has 2 heterocycles. The average molecular weight is 415 g/mol. The first-order valence-corrected chi connectivity index (χ1v) is 9.79. The number of aliphatic hydroxyl groups is 1. The Morgan fingerprint density at radius 3 is 2.67 bits per heavy atom. The molecule has 0 saturated carbocycles. The van der Waals surface area contributed by atoms with Crippen molar-refractivity contribution in [3.05, 3.63) is 59.6 Å². The molecule has 0 bridgehead atoms. The number of piperazine rings is 1. The molecular weight excluding hydrogens is 392 g/mol. The van der Waals surface area contributed by atoms with Crippen LogP contribution in [-0.4, -0.2) is 58.1 Å². The second-order valence-corrected chi connectivity index (χ2v) is 7.65. The molecule has 1 aromatic heterocycles. The van der Waals surface area contributed by atoms with E-state index >= 15 is 0 Å². The van der Waals surface area contributed by atoms with Crippen LogP contribution >= 0.6 is 0 Å². The average Bonchev–Trinajstić information content (AvgIpc) is 3.04. The van der Waals surface area contributed by atoms with Crippen molar-refractivity contribution in [3.8, 4) is 0 Å². The van der Waals surface area contributed by atoms with Gasteiger partial charge in [0, 0.05) is 38.2 Å². The summed E-state index contributed by atoms with van der Waals surface area (Å²) in [5.41, 5.74) is 8.71. The minimum Gasteiger partial charge on any atom is -0.386 e. The lowest BCUT2D eigenvalue weighted by Crippen LogP contribution is -2.54. The van der Waals surface area contributed by atoms with Crippen LogP contribution in [0.25, 0.3) is 5.57 Å². The monoisotopic (exact) mass is 415 g/mol. The fourth-order valence-electron chi connectivity index (χ4n) is 4.03. The molecule has 9 heteroatoms. The van der Waals surface area contributed by atoms with Gasteiger partial charge in [-0.2, -0.15) is 0 Å². The number of fused-ring (bicyclic) bond motifs is 1. The largest absolute Gasteiger partial charge is 0.386 e. The molecule has 1 amide bonds. The predicted octanol–water partition coefficient (Wildman–Crippen LogP) is 1.42. The summed E-state index contributed by atoms with van der Waals surface area (Å²) < 4.78 is 26.5. The molecule has 158 valence electrons. The molecule has 1 saturated heterocycles. The Morgan fingerprint density at radius 1 is 1.23 bits per heavy atom. The Hall–Kier alpha value is -2.91. The van der Waals surface area contributed by atoms with E-state index < -0.39 is 23.8 Å². The van der Waals surface area contributed by atoms with Gasteiger partial charge in [-0.25, -0.2) is 18.7 Å². The van der Waals surface area contributed by atoms with Crippen molar-refractivity contribution in [2.45, 2.75) is 25.0 Å². The van der Waals surface area contributed by atoms with E-state index in [9.17, 15) is 18.7 Å². The second-order valence-electron chi connectivity index (χ2n) is 7.65. The highest BCUT2D eigenvalue weighted by Gasteiger charge is 2.32. The van der Waals surface area contributed by atoms with E-state index in [1.54, 1.807) is 4.90 Å². The molecule has 1 aromatic carbocycles. The number of nitrogens with two attached hydrogens (primary N) is 1. The van der Waals surface area contributed by atoms with E-state index in [-0.39, 0.29) is 12.3 Å². The standard InChI is InChI=1S/C21H23F2N5O2/c1-12-8-17(29)19-18(12)20(26-11-25-19)27-4-6-28(7-5-27)21(30)16(24)10-13-2-3-14(22)15(23)9-13/h2-3,9,11,16-17,29H,1,4-8,10,24H2/t16-,17+/m1/s1. The number of aliphatic hydroxyl groups excluding tert-OH is 1. The molecule has 0 spiro atoms. The summed E-state index contributed by atoms with van der Waals surface area (Å²) >= 11 is 0. The van der Waals surface area contributed by atoms with Gasteiger partial charge >= 0.3 is 0 Å². The summed E-state index contributed by atoms with van der Waals surface area (Å²) in [4.78, 5) is 25.0. The number of carbonyl (C=O) groups excluding carboxylic acids is 1. The third kappa shape index (κ3) is 3.78. The number of aromatic nitrogens is 2. The van der Waals surface area contributed by atoms with Crippen LogP contribution in [0.5, 0.6) is 0 Å². The van der Waals surface area contributed by atoms with Gasteiger partial charge in [0.2, 0.25) is 5.91 Å². The summed E-state index contributed by atoms with van der Waals surface area (Å²) in [6.07, 6.45) is 1.35. The molecular formula is C21H23F2N5O2. The summed E-state index contributed by atoms with van der Waals surface area (Å²) in [6.45, 7) is 6.04. The van der Waals surface area contributed by atoms with Gasteiger partial charge in [-0.15, -0.1) is 0 Å². The summed E-state index contributed by atoms with van der Waals surface area (Å²) in [7, 11) is 0. The van der Waals surface area contributed by atoms with E-state index in [1.165, 1.54) is 12.4 Å². The van der Waals surface area contributed by atoms with Crippen molar-refractivity contribution in [2.24, 2.45) is 5.73 Å². The number of amides is 1. The fraction of sp³-hybridized carbons (Fsp3) is 0.381. The molecule has 2 atom stereocenters. The molecule has 0 radical (unpaired) electrons. The highest BCUT2D eigenvalue weighted by Crippen LogP contribution is 2.41. The molecule has 4 rings (SSSR count). The minimum absolute atomic E-state index is 0.132. The Balaban J connectivity index is 1.39. The molecule has 3 N–H and O–H groups in total. The zero-order valence-corrected chi connectivity index (χ0v) is 16.4. The quantitative estimate of drug-likeness (QED) is 0.784. The minimum atomic E-state index is -0.954. The summed E-state index contributed by atoms with van der Waals surface area (Å²) in [5.74, 6) is -1.39. The fourth-order valence-corrected chi connectivity index (χ4v) is 4.03. The Labute approximate surface area is 172 Å². The van der Waals surface area contributed by atoms with Gasteiger partial charge in [0.05, 0.1) is 11.7 Å². The number of rotatable bonds is 4. The molecule has 1 aliphatic heterocycles. The second kappa shape index (κ2) is 8.08. The number of hydrogen-bond acceptors (Lipinski definition) is 6. The van der Waals surface area contributed by atoms with Crippen LogP contribution in [0.3, 0.4) is 0 Å². The van der Waals surface area contributed by atoms with Gasteiger partial charge in [0.1, 0.15) is 18.2 Å². The lowest BCUT2D eigenvalue weighted by Gasteiger charge is -2.37. The van der Waals surface area contributed by atoms with Gasteiger partial charge in [0.25, 0.3) is 0 Å². The molecule has 30 heavy (non-hydrogen) atoms. The highest BCUT2D eigenvalue weighted by molar-refractivity contribution is 5.83. The number of nitrogens with zero attached hydrogens (tertiary/aromatic N) is 4. The molecule has 1 aliphatic carbocycles. The van der Waals surface area contributed by atoms with E-state index in [0.29, 0.717) is 43.9 Å². The third-order valence-corrected chi connectivity index (χ3v) is 5.61. The maximum atomic E-state index is 13.4. The van der Waals surface area contributed by atoms with Crippen LogP contribution in [-0.2, 0) is 11.2 Å². The van der Waals surface area contributed by atoms with Gasteiger partial charge in [0.15, 0.2) is 11.6 Å². The third-order valence-electron chi connectivity index (χ3n) is 5.61. The van der Waals surface area contributed by atoms with Crippen molar-refractivity contribution < 1.29 is 18.7 Å². The van der Waals surface area contributed by atoms with E-state index in [1.807, 2.05) is 4.90 Å². The highest BCUT2D eigenvalue weighted by atomic mass is 19.2. The number of anilines is 1. The van der Waals surface area contributed by atoms with E-state index in [0.717, 1.165) is 29.1 Å². The van der Waals surface area contributed by atoms with Crippen LogP contribution in [0.1, 0.15) is 29.3 Å². The Kier molecular flexibility index (Phi) is 5.48. The van der Waals surface area contributed by atoms with Crippen LogP contribution in [0, 0.1) is 11.6 Å². The van der Waals surface area contributed by atoms with Gasteiger partial charge in [-0.05, 0) is 29.7 Å². The smallest absolute Gasteiger partial charge is 0.239 e. The Morgan fingerprint density at radius 2 is 1.97 bits per heavy atom. The number of carbonyl (C=O) groups is 1. The summed E-state index contributed by atoms with van der Waals surface area (Å²) in [6, 6.07) is 2.70. The zero-order chi connectivity index (χ0) is 21.4. The first-order chi connectivity index (χ1) is 14.3. The lowest BCUT2D eigenvalue weighted by molar-refractivity contribution is -0.132. The molecule has 1 fully saturated rings. The van der Waals surface area contributed by atoms with Crippen molar-refractivity contribution in [3.63, 3.8) is 0 Å². The maximum Gasteiger partial charge on any atom is 0.239 e. The SMILES string of the molecule is C=C1C[C@H](O)c2ncnc(N3CCN(C(=O)[C@H](N)Cc4ccc(F)c(F)c4)CC3)c21. The molecule has 2 aliphatic rings. The van der Waals surface area contributed by atoms with Crippen LogP contribution < -0.4 is 10.6 Å². The van der Waals surface area contributed by atoms with Gasteiger partial charge < -0.3 is 20.6 Å². The maximum absolute atomic E-state index is 13.4. The first-order valence-electron chi connectivity index (χ1n) is 9.79. The van der Waals surface area contributed by atoms with Gasteiger partial charge in [-0.3, -0.25) is 4.79 Å². The van der Waals surface area contributed by atoms with Crippen LogP contribution in [0.15, 0.2) is 31.1 Å². The zero-order valence-electron chi connectivity index (χ0n) is 16.4. The normalized spacial score (nSPS) is 19.7.